The normalized spacial score (nSPS) is 18.4. The summed E-state index contributed by atoms with van der Waals surface area (Å²) in [6.07, 6.45) is 8.46. The minimum atomic E-state index is 0.523. The second-order valence-electron chi connectivity index (χ2n) is 6.57. The molecule has 0 amide bonds. The summed E-state index contributed by atoms with van der Waals surface area (Å²) in [7, 11) is 2.08. The average molecular weight is 345 g/mol. The molecule has 2 aromatic rings. The molecular weight excluding hydrogens is 324 g/mol. The molecule has 0 saturated carbocycles. The van der Waals surface area contributed by atoms with E-state index in [-0.39, 0.29) is 0 Å². The molecule has 4 heterocycles. The molecule has 2 aromatic heterocycles. The van der Waals surface area contributed by atoms with Gasteiger partial charge in [0.2, 0.25) is 0 Å². The van der Waals surface area contributed by atoms with Gasteiger partial charge in [-0.05, 0) is 42.5 Å². The summed E-state index contributed by atoms with van der Waals surface area (Å²) < 4.78 is 7.49. The fourth-order valence-electron chi connectivity index (χ4n) is 3.42. The number of pyridine rings is 1. The summed E-state index contributed by atoms with van der Waals surface area (Å²) in [6, 6.07) is 3.86. The average Bonchev–Trinajstić information content (AvgIpc) is 3.04. The Labute approximate surface area is 146 Å². The summed E-state index contributed by atoms with van der Waals surface area (Å²) in [4.78, 5) is 6.64. The molecule has 126 valence electrons. The van der Waals surface area contributed by atoms with Gasteiger partial charge in [-0.25, -0.2) is 4.98 Å². The van der Waals surface area contributed by atoms with Crippen LogP contribution in [0.3, 0.4) is 0 Å². The van der Waals surface area contributed by atoms with E-state index in [1.54, 1.807) is 0 Å². The highest BCUT2D eigenvalue weighted by molar-refractivity contribution is 6.29. The van der Waals surface area contributed by atoms with Crippen molar-refractivity contribution in [2.75, 3.05) is 31.7 Å². The predicted molar refractivity (Wildman–Crippen MR) is 96.2 cm³/mol. The first kappa shape index (κ1) is 15.7. The van der Waals surface area contributed by atoms with Gasteiger partial charge in [0, 0.05) is 45.1 Å². The zero-order valence-electron chi connectivity index (χ0n) is 13.8. The van der Waals surface area contributed by atoms with Crippen molar-refractivity contribution in [1.82, 2.24) is 14.8 Å². The Morgan fingerprint density at radius 2 is 2.12 bits per heavy atom. The maximum atomic E-state index is 6.05. The van der Waals surface area contributed by atoms with Crippen LogP contribution in [0, 0.1) is 5.92 Å². The van der Waals surface area contributed by atoms with Crippen LogP contribution in [-0.2, 0) is 11.3 Å². The molecule has 0 bridgehead atoms. The number of anilines is 1. The molecule has 0 N–H and O–H groups in total. The largest absolute Gasteiger partial charge is 0.381 e. The highest BCUT2D eigenvalue weighted by Gasteiger charge is 2.19. The first-order valence-corrected chi connectivity index (χ1v) is 8.75. The Hall–Kier alpha value is -1.85. The summed E-state index contributed by atoms with van der Waals surface area (Å²) in [5.74, 6) is 0.663. The van der Waals surface area contributed by atoms with E-state index < -0.39 is 0 Å². The zero-order valence-corrected chi connectivity index (χ0v) is 14.5. The molecule has 0 atom stereocenters. The second kappa shape index (κ2) is 6.57. The van der Waals surface area contributed by atoms with Gasteiger partial charge in [-0.1, -0.05) is 11.6 Å². The fraction of sp³-hybridized carbons (Fsp3) is 0.444. The molecule has 24 heavy (non-hydrogen) atoms. The Morgan fingerprint density at radius 3 is 2.96 bits per heavy atom. The number of hydrogen-bond acceptors (Lipinski definition) is 4. The van der Waals surface area contributed by atoms with E-state index in [9.17, 15) is 0 Å². The SMILES string of the molecule is CN1CC(c2cnn(CC3CCOCC3)c2)=Cc2nc(Cl)ccc21. The van der Waals surface area contributed by atoms with E-state index in [1.165, 1.54) is 5.57 Å². The Balaban J connectivity index is 1.56. The van der Waals surface area contributed by atoms with E-state index in [0.717, 1.165) is 56.1 Å². The molecule has 1 saturated heterocycles. The van der Waals surface area contributed by atoms with Crippen LogP contribution in [0.15, 0.2) is 24.5 Å². The van der Waals surface area contributed by atoms with Gasteiger partial charge >= 0.3 is 0 Å². The predicted octanol–water partition coefficient (Wildman–Crippen LogP) is 3.35. The molecule has 2 aliphatic heterocycles. The van der Waals surface area contributed by atoms with E-state index in [2.05, 4.69) is 39.0 Å². The van der Waals surface area contributed by atoms with E-state index >= 15 is 0 Å². The van der Waals surface area contributed by atoms with Gasteiger partial charge < -0.3 is 9.64 Å². The quantitative estimate of drug-likeness (QED) is 0.801. The minimum absolute atomic E-state index is 0.523. The molecule has 0 aliphatic carbocycles. The lowest BCUT2D eigenvalue weighted by Gasteiger charge is -2.26. The van der Waals surface area contributed by atoms with Crippen LogP contribution in [0.2, 0.25) is 5.15 Å². The first-order valence-electron chi connectivity index (χ1n) is 8.38. The standard InChI is InChI=1S/C18H21ClN4O/c1-22-11-14(8-16-17(22)2-3-18(19)21-16)15-9-20-23(12-15)10-13-4-6-24-7-5-13/h2-3,8-9,12-13H,4-7,10-11H2,1H3. The van der Waals surface area contributed by atoms with Gasteiger partial charge in [0.25, 0.3) is 0 Å². The van der Waals surface area contributed by atoms with Gasteiger partial charge in [0.05, 0.1) is 17.6 Å². The highest BCUT2D eigenvalue weighted by atomic mass is 35.5. The molecule has 5 nitrogen and oxygen atoms in total. The number of halogens is 1. The van der Waals surface area contributed by atoms with Crippen molar-refractivity contribution in [1.29, 1.82) is 0 Å². The van der Waals surface area contributed by atoms with Crippen LogP contribution in [0.4, 0.5) is 5.69 Å². The molecule has 0 aromatic carbocycles. The van der Waals surface area contributed by atoms with Crippen LogP contribution in [0.5, 0.6) is 0 Å². The van der Waals surface area contributed by atoms with Crippen molar-refractivity contribution in [3.63, 3.8) is 0 Å². The number of aromatic nitrogens is 3. The van der Waals surface area contributed by atoms with Gasteiger partial charge in [-0.3, -0.25) is 4.68 Å². The topological polar surface area (TPSA) is 43.2 Å². The van der Waals surface area contributed by atoms with Gasteiger partial charge in [-0.2, -0.15) is 5.10 Å². The van der Waals surface area contributed by atoms with E-state index in [0.29, 0.717) is 11.1 Å². The van der Waals surface area contributed by atoms with Gasteiger partial charge in [-0.15, -0.1) is 0 Å². The summed E-state index contributed by atoms with van der Waals surface area (Å²) in [5.41, 5.74) is 4.40. The van der Waals surface area contributed by atoms with E-state index in [4.69, 9.17) is 16.3 Å². The fourth-order valence-corrected chi connectivity index (χ4v) is 3.57. The zero-order chi connectivity index (χ0) is 16.5. The molecule has 2 aliphatic rings. The molecule has 0 unspecified atom stereocenters. The van der Waals surface area contributed by atoms with Crippen molar-refractivity contribution < 1.29 is 4.74 Å². The highest BCUT2D eigenvalue weighted by Crippen LogP contribution is 2.31. The summed E-state index contributed by atoms with van der Waals surface area (Å²) >= 11 is 6.05. The van der Waals surface area contributed by atoms with Crippen LogP contribution >= 0.6 is 11.6 Å². The molecule has 0 spiro atoms. The second-order valence-corrected chi connectivity index (χ2v) is 6.96. The number of rotatable bonds is 3. The third kappa shape index (κ3) is 3.19. The maximum Gasteiger partial charge on any atom is 0.129 e. The third-order valence-corrected chi connectivity index (χ3v) is 5.00. The summed E-state index contributed by atoms with van der Waals surface area (Å²) in [6.45, 7) is 3.56. The Kier molecular flexibility index (Phi) is 4.29. The summed E-state index contributed by atoms with van der Waals surface area (Å²) in [5, 5.41) is 5.08. The number of fused-ring (bicyclic) bond motifs is 1. The van der Waals surface area contributed by atoms with Crippen molar-refractivity contribution in [2.45, 2.75) is 19.4 Å². The number of nitrogens with zero attached hydrogens (tertiary/aromatic N) is 4. The maximum absolute atomic E-state index is 6.05. The third-order valence-electron chi connectivity index (χ3n) is 4.79. The first-order chi connectivity index (χ1) is 11.7. The number of likely N-dealkylation sites (N-methyl/N-ethyl adjacent to an activating group) is 1. The van der Waals surface area contributed by atoms with Gasteiger partial charge in [0.15, 0.2) is 0 Å². The number of ether oxygens (including phenoxy) is 1. The Bertz CT molecular complexity index is 764. The molecule has 4 rings (SSSR count). The lowest BCUT2D eigenvalue weighted by Crippen LogP contribution is -2.23. The Morgan fingerprint density at radius 1 is 1.29 bits per heavy atom. The van der Waals surface area contributed by atoms with Gasteiger partial charge in [0.1, 0.15) is 5.15 Å². The molecule has 6 heteroatoms. The monoisotopic (exact) mass is 344 g/mol. The molecule has 1 fully saturated rings. The van der Waals surface area contributed by atoms with Crippen molar-refractivity contribution in [3.8, 4) is 0 Å². The number of hydrogen-bond donors (Lipinski definition) is 0. The van der Waals surface area contributed by atoms with Crippen LogP contribution in [0.25, 0.3) is 11.6 Å². The molecular formula is C18H21ClN4O. The minimum Gasteiger partial charge on any atom is -0.381 e. The van der Waals surface area contributed by atoms with Crippen molar-refractivity contribution >= 4 is 28.9 Å². The van der Waals surface area contributed by atoms with Crippen molar-refractivity contribution in [2.24, 2.45) is 5.92 Å². The lowest BCUT2D eigenvalue weighted by atomic mass is 10.0. The van der Waals surface area contributed by atoms with E-state index in [1.807, 2.05) is 18.3 Å². The smallest absolute Gasteiger partial charge is 0.129 e. The van der Waals surface area contributed by atoms with Crippen LogP contribution in [-0.4, -0.2) is 41.6 Å². The molecule has 0 radical (unpaired) electrons. The van der Waals surface area contributed by atoms with Crippen LogP contribution < -0.4 is 4.90 Å². The van der Waals surface area contributed by atoms with Crippen molar-refractivity contribution in [3.05, 3.63) is 40.9 Å². The lowest BCUT2D eigenvalue weighted by molar-refractivity contribution is 0.0601. The van der Waals surface area contributed by atoms with Crippen LogP contribution in [0.1, 0.15) is 24.1 Å².